The molecule has 8 heteroatoms. The van der Waals surface area contributed by atoms with E-state index in [1.54, 1.807) is 20.1 Å². The topological polar surface area (TPSA) is 83.9 Å². The third-order valence-corrected chi connectivity index (χ3v) is 8.67. The molecule has 4 rings (SSSR count). The predicted octanol–water partition coefficient (Wildman–Crippen LogP) is 4.96. The number of thiophene rings is 1. The molecule has 0 saturated carbocycles. The zero-order valence-electron chi connectivity index (χ0n) is 17.7. The summed E-state index contributed by atoms with van der Waals surface area (Å²) in [6.07, 6.45) is 4.25. The lowest BCUT2D eigenvalue weighted by Gasteiger charge is -2.21. The maximum atomic E-state index is 12.9. The van der Waals surface area contributed by atoms with Crippen molar-refractivity contribution in [2.24, 2.45) is 0 Å². The van der Waals surface area contributed by atoms with E-state index in [0.717, 1.165) is 31.6 Å². The number of aliphatic carboxylic acids is 1. The number of nitrogens with zero attached hydrogens (tertiary/aromatic N) is 1. The summed E-state index contributed by atoms with van der Waals surface area (Å²) in [7, 11) is -2.16. The summed E-state index contributed by atoms with van der Waals surface area (Å²) in [6, 6.07) is 16.3. The second kappa shape index (κ2) is 8.90. The monoisotopic (exact) mass is 469 g/mol. The summed E-state index contributed by atoms with van der Waals surface area (Å²) in [5.74, 6) is -0.308. The van der Waals surface area contributed by atoms with Crippen LogP contribution in [0.5, 0.6) is 5.75 Å². The number of methoxy groups -OCH3 is 1. The molecular weight excluding hydrogens is 446 g/mol. The Bertz CT molecular complexity index is 1260. The second-order valence-electron chi connectivity index (χ2n) is 7.44. The summed E-state index contributed by atoms with van der Waals surface area (Å²) in [4.78, 5) is 13.2. The molecular formula is C24H23NO5S2. The minimum atomic E-state index is -3.80. The van der Waals surface area contributed by atoms with E-state index < -0.39 is 22.0 Å². The van der Waals surface area contributed by atoms with Crippen molar-refractivity contribution in [3.63, 3.8) is 0 Å². The van der Waals surface area contributed by atoms with E-state index in [9.17, 15) is 18.3 Å². The van der Waals surface area contributed by atoms with Crippen LogP contribution in [0.2, 0.25) is 0 Å². The van der Waals surface area contributed by atoms with Gasteiger partial charge in [-0.25, -0.2) is 8.42 Å². The smallest absolute Gasteiger partial charge is 0.322 e. The molecule has 1 aliphatic heterocycles. The van der Waals surface area contributed by atoms with Crippen LogP contribution < -0.4 is 4.74 Å². The van der Waals surface area contributed by atoms with Crippen LogP contribution in [0.3, 0.4) is 0 Å². The zero-order valence-corrected chi connectivity index (χ0v) is 19.3. The lowest BCUT2D eigenvalue weighted by Crippen LogP contribution is -2.40. The Kier molecular flexibility index (Phi) is 6.19. The molecule has 0 spiro atoms. The van der Waals surface area contributed by atoms with Gasteiger partial charge in [-0.2, -0.15) is 4.31 Å². The molecule has 0 bridgehead atoms. The normalized spacial score (nSPS) is 16.2. The molecule has 166 valence electrons. The molecule has 1 atom stereocenters. The first kappa shape index (κ1) is 22.3. The third-order valence-electron chi connectivity index (χ3n) is 5.45. The maximum absolute atomic E-state index is 12.9. The summed E-state index contributed by atoms with van der Waals surface area (Å²) in [5, 5.41) is 9.37. The van der Waals surface area contributed by atoms with Crippen molar-refractivity contribution >= 4 is 39.5 Å². The van der Waals surface area contributed by atoms with E-state index >= 15 is 0 Å². The highest BCUT2D eigenvalue weighted by molar-refractivity contribution is 7.89. The van der Waals surface area contributed by atoms with Crippen LogP contribution in [0, 0.1) is 0 Å². The fourth-order valence-corrected chi connectivity index (χ4v) is 7.08. The minimum Gasteiger partial charge on any atom is -0.497 e. The summed E-state index contributed by atoms with van der Waals surface area (Å²) in [6.45, 7) is 1.78. The van der Waals surface area contributed by atoms with Crippen molar-refractivity contribution in [3.05, 3.63) is 70.6 Å². The molecule has 1 unspecified atom stereocenters. The van der Waals surface area contributed by atoms with Crippen LogP contribution in [-0.4, -0.2) is 37.0 Å². The van der Waals surface area contributed by atoms with Crippen molar-refractivity contribution in [2.45, 2.75) is 30.8 Å². The quantitative estimate of drug-likeness (QED) is 0.495. The number of carbonyl (C=O) groups is 1. The molecule has 3 aromatic rings. The second-order valence-corrected chi connectivity index (χ2v) is 10.4. The van der Waals surface area contributed by atoms with Crippen LogP contribution in [0.15, 0.2) is 59.5 Å². The molecule has 1 N–H and O–H groups in total. The van der Waals surface area contributed by atoms with Gasteiger partial charge in [-0.05, 0) is 41.3 Å². The van der Waals surface area contributed by atoms with Crippen LogP contribution >= 0.6 is 11.3 Å². The molecule has 0 radical (unpaired) electrons. The Morgan fingerprint density at radius 3 is 2.22 bits per heavy atom. The lowest BCUT2D eigenvalue weighted by atomic mass is 10.1. The van der Waals surface area contributed by atoms with Gasteiger partial charge in [0.05, 0.1) is 18.6 Å². The number of carboxylic acid groups (broad SMARTS) is 1. The molecule has 1 aromatic heterocycles. The Morgan fingerprint density at radius 2 is 1.72 bits per heavy atom. The van der Waals surface area contributed by atoms with Crippen LogP contribution in [0.25, 0.3) is 22.6 Å². The van der Waals surface area contributed by atoms with Gasteiger partial charge in [-0.15, -0.1) is 11.3 Å². The molecule has 0 saturated heterocycles. The molecule has 0 fully saturated rings. The number of hydrogen-bond donors (Lipinski definition) is 1. The highest BCUT2D eigenvalue weighted by Crippen LogP contribution is 2.42. The largest absolute Gasteiger partial charge is 0.497 e. The maximum Gasteiger partial charge on any atom is 0.322 e. The van der Waals surface area contributed by atoms with Crippen molar-refractivity contribution in [2.75, 3.05) is 7.11 Å². The van der Waals surface area contributed by atoms with Crippen LogP contribution in [0.4, 0.5) is 0 Å². The SMILES string of the molecule is CCC(C(=O)O)N1Cc2sc(-c3ccc(C=Cc4ccc(OC)cc4)cc3)cc2S1(=O)=O. The van der Waals surface area contributed by atoms with Crippen molar-refractivity contribution < 1.29 is 23.1 Å². The van der Waals surface area contributed by atoms with Crippen molar-refractivity contribution in [1.29, 1.82) is 0 Å². The fraction of sp³-hybridized carbons (Fsp3) is 0.208. The molecule has 32 heavy (non-hydrogen) atoms. The average molecular weight is 470 g/mol. The average Bonchev–Trinajstić information content (AvgIpc) is 3.32. The standard InChI is InChI=1S/C24H23NO5S2/c1-3-20(24(26)27)25-15-22-23(32(25,28)29)14-21(31-22)18-10-6-16(7-11-18)4-5-17-8-12-19(30-2)13-9-17/h4-14,20H,3,15H2,1-2H3,(H,26,27). The number of fused-ring (bicyclic) bond motifs is 1. The predicted molar refractivity (Wildman–Crippen MR) is 126 cm³/mol. The number of carboxylic acids is 1. The first-order valence-electron chi connectivity index (χ1n) is 10.1. The third kappa shape index (κ3) is 4.21. The Labute approximate surface area is 191 Å². The summed E-state index contributed by atoms with van der Waals surface area (Å²) in [5.41, 5.74) is 3.02. The van der Waals surface area contributed by atoms with Crippen LogP contribution in [-0.2, 0) is 21.4 Å². The molecule has 2 aromatic carbocycles. The van der Waals surface area contributed by atoms with E-state index in [4.69, 9.17) is 4.74 Å². The number of ether oxygens (including phenoxy) is 1. The highest BCUT2D eigenvalue weighted by atomic mass is 32.2. The van der Waals surface area contributed by atoms with E-state index in [-0.39, 0.29) is 17.9 Å². The van der Waals surface area contributed by atoms with E-state index in [2.05, 4.69) is 0 Å². The van der Waals surface area contributed by atoms with E-state index in [0.29, 0.717) is 4.88 Å². The molecule has 1 aliphatic rings. The van der Waals surface area contributed by atoms with Crippen molar-refractivity contribution in [3.8, 4) is 16.2 Å². The lowest BCUT2D eigenvalue weighted by molar-refractivity contribution is -0.141. The Hall–Kier alpha value is -2.94. The van der Waals surface area contributed by atoms with Gasteiger partial charge < -0.3 is 9.84 Å². The number of sulfonamides is 1. The molecule has 0 amide bonds. The van der Waals surface area contributed by atoms with Gasteiger partial charge in [0, 0.05) is 9.75 Å². The van der Waals surface area contributed by atoms with Gasteiger partial charge in [-0.1, -0.05) is 55.5 Å². The fourth-order valence-electron chi connectivity index (χ4n) is 3.68. The van der Waals surface area contributed by atoms with Gasteiger partial charge in [0.25, 0.3) is 0 Å². The van der Waals surface area contributed by atoms with E-state index in [1.165, 1.54) is 11.3 Å². The number of rotatable bonds is 7. The van der Waals surface area contributed by atoms with Crippen molar-refractivity contribution in [1.82, 2.24) is 4.31 Å². The van der Waals surface area contributed by atoms with Crippen LogP contribution in [0.1, 0.15) is 29.3 Å². The Balaban J connectivity index is 1.52. The molecule has 6 nitrogen and oxygen atoms in total. The Morgan fingerprint density at radius 1 is 1.12 bits per heavy atom. The molecule has 0 aliphatic carbocycles. The van der Waals surface area contributed by atoms with Gasteiger partial charge in [0.15, 0.2) is 0 Å². The van der Waals surface area contributed by atoms with Gasteiger partial charge in [0.1, 0.15) is 11.8 Å². The van der Waals surface area contributed by atoms with Gasteiger partial charge in [-0.3, -0.25) is 4.79 Å². The number of benzene rings is 2. The summed E-state index contributed by atoms with van der Waals surface area (Å²) < 4.78 is 32.1. The zero-order chi connectivity index (χ0) is 22.9. The first-order chi connectivity index (χ1) is 15.3. The number of hydrogen-bond acceptors (Lipinski definition) is 5. The molecule has 2 heterocycles. The highest BCUT2D eigenvalue weighted by Gasteiger charge is 2.42. The van der Waals surface area contributed by atoms with Gasteiger partial charge >= 0.3 is 5.97 Å². The summed E-state index contributed by atoms with van der Waals surface area (Å²) >= 11 is 1.40. The van der Waals surface area contributed by atoms with Gasteiger partial charge in [0.2, 0.25) is 10.0 Å². The van der Waals surface area contributed by atoms with E-state index in [1.807, 2.05) is 60.7 Å². The minimum absolute atomic E-state index is 0.107. The first-order valence-corrected chi connectivity index (χ1v) is 12.4.